The van der Waals surface area contributed by atoms with Crippen molar-refractivity contribution >= 4 is 0 Å². The Labute approximate surface area is 126 Å². The molecule has 2 rings (SSSR count). The maximum Gasteiger partial charge on any atom is 0.124 e. The summed E-state index contributed by atoms with van der Waals surface area (Å²) in [6, 6.07) is 16.5. The SMILES string of the molecule is CCOc1ccccc1C(C)NCc1cccc(OC)c1. The summed E-state index contributed by atoms with van der Waals surface area (Å²) < 4.78 is 10.9. The highest BCUT2D eigenvalue weighted by Gasteiger charge is 2.10. The summed E-state index contributed by atoms with van der Waals surface area (Å²) in [6.07, 6.45) is 0. The van der Waals surface area contributed by atoms with Crippen LogP contribution in [-0.4, -0.2) is 13.7 Å². The summed E-state index contributed by atoms with van der Waals surface area (Å²) in [4.78, 5) is 0. The van der Waals surface area contributed by atoms with E-state index in [1.54, 1.807) is 7.11 Å². The van der Waals surface area contributed by atoms with E-state index in [4.69, 9.17) is 9.47 Å². The molecule has 0 saturated heterocycles. The highest BCUT2D eigenvalue weighted by molar-refractivity contribution is 5.36. The van der Waals surface area contributed by atoms with E-state index in [1.807, 2.05) is 43.3 Å². The summed E-state index contributed by atoms with van der Waals surface area (Å²) in [5, 5.41) is 3.53. The van der Waals surface area contributed by atoms with Gasteiger partial charge in [-0.3, -0.25) is 0 Å². The monoisotopic (exact) mass is 285 g/mol. The zero-order valence-electron chi connectivity index (χ0n) is 12.9. The summed E-state index contributed by atoms with van der Waals surface area (Å²) in [7, 11) is 1.69. The number of nitrogens with one attached hydrogen (secondary N) is 1. The van der Waals surface area contributed by atoms with Crippen LogP contribution in [0.15, 0.2) is 48.5 Å². The number of methoxy groups -OCH3 is 1. The van der Waals surface area contributed by atoms with Crippen molar-refractivity contribution in [2.24, 2.45) is 0 Å². The fraction of sp³-hybridized carbons (Fsp3) is 0.333. The maximum atomic E-state index is 5.69. The normalized spacial score (nSPS) is 12.0. The van der Waals surface area contributed by atoms with E-state index in [0.717, 1.165) is 18.0 Å². The fourth-order valence-electron chi connectivity index (χ4n) is 2.29. The second kappa shape index (κ2) is 7.70. The predicted octanol–water partition coefficient (Wildman–Crippen LogP) is 3.94. The fourth-order valence-corrected chi connectivity index (χ4v) is 2.29. The number of rotatable bonds is 7. The Kier molecular flexibility index (Phi) is 5.64. The zero-order valence-corrected chi connectivity index (χ0v) is 12.9. The molecule has 0 saturated carbocycles. The molecule has 2 aromatic carbocycles. The first-order chi connectivity index (χ1) is 10.2. The van der Waals surface area contributed by atoms with Crippen LogP contribution in [0.2, 0.25) is 0 Å². The van der Waals surface area contributed by atoms with Crippen molar-refractivity contribution in [3.05, 3.63) is 59.7 Å². The first-order valence-corrected chi connectivity index (χ1v) is 7.32. The minimum Gasteiger partial charge on any atom is -0.497 e. The van der Waals surface area contributed by atoms with E-state index in [0.29, 0.717) is 6.61 Å². The molecule has 3 nitrogen and oxygen atoms in total. The molecule has 3 heteroatoms. The largest absolute Gasteiger partial charge is 0.497 e. The molecule has 1 atom stereocenters. The predicted molar refractivity (Wildman–Crippen MR) is 85.9 cm³/mol. The second-order valence-electron chi connectivity index (χ2n) is 4.92. The molecule has 1 unspecified atom stereocenters. The van der Waals surface area contributed by atoms with Crippen LogP contribution < -0.4 is 14.8 Å². The van der Waals surface area contributed by atoms with Crippen molar-refractivity contribution in [2.75, 3.05) is 13.7 Å². The Morgan fingerprint density at radius 3 is 2.67 bits per heavy atom. The van der Waals surface area contributed by atoms with Gasteiger partial charge in [-0.1, -0.05) is 30.3 Å². The van der Waals surface area contributed by atoms with E-state index >= 15 is 0 Å². The molecular weight excluding hydrogens is 262 g/mol. The van der Waals surface area contributed by atoms with Crippen molar-refractivity contribution in [1.29, 1.82) is 0 Å². The molecule has 1 N–H and O–H groups in total. The van der Waals surface area contributed by atoms with Gasteiger partial charge in [0.15, 0.2) is 0 Å². The maximum absolute atomic E-state index is 5.69. The molecule has 0 aliphatic heterocycles. The third kappa shape index (κ3) is 4.23. The van der Waals surface area contributed by atoms with Crippen molar-refractivity contribution in [3.63, 3.8) is 0 Å². The minimum absolute atomic E-state index is 0.221. The molecule has 112 valence electrons. The zero-order chi connectivity index (χ0) is 15.1. The minimum atomic E-state index is 0.221. The Morgan fingerprint density at radius 2 is 1.90 bits per heavy atom. The smallest absolute Gasteiger partial charge is 0.124 e. The molecule has 0 amide bonds. The second-order valence-corrected chi connectivity index (χ2v) is 4.92. The lowest BCUT2D eigenvalue weighted by Gasteiger charge is -2.18. The molecule has 0 heterocycles. The topological polar surface area (TPSA) is 30.5 Å². The van der Waals surface area contributed by atoms with Crippen LogP contribution in [0.3, 0.4) is 0 Å². The average molecular weight is 285 g/mol. The number of para-hydroxylation sites is 1. The molecule has 0 aliphatic carbocycles. The molecular formula is C18H23NO2. The summed E-state index contributed by atoms with van der Waals surface area (Å²) >= 11 is 0. The molecule has 0 spiro atoms. The van der Waals surface area contributed by atoms with Gasteiger partial charge in [0.25, 0.3) is 0 Å². The first kappa shape index (κ1) is 15.4. The van der Waals surface area contributed by atoms with E-state index in [-0.39, 0.29) is 6.04 Å². The van der Waals surface area contributed by atoms with Crippen molar-refractivity contribution in [2.45, 2.75) is 26.4 Å². The van der Waals surface area contributed by atoms with Crippen molar-refractivity contribution in [3.8, 4) is 11.5 Å². The van der Waals surface area contributed by atoms with Crippen LogP contribution >= 0.6 is 0 Å². The van der Waals surface area contributed by atoms with E-state index in [2.05, 4.69) is 24.4 Å². The quantitative estimate of drug-likeness (QED) is 0.835. The molecule has 0 radical (unpaired) electrons. The van der Waals surface area contributed by atoms with Gasteiger partial charge in [-0.2, -0.15) is 0 Å². The molecule has 2 aromatic rings. The van der Waals surface area contributed by atoms with Crippen LogP contribution in [0.4, 0.5) is 0 Å². The number of hydrogen-bond acceptors (Lipinski definition) is 3. The van der Waals surface area contributed by atoms with Gasteiger partial charge in [-0.15, -0.1) is 0 Å². The molecule has 0 aliphatic rings. The lowest BCUT2D eigenvalue weighted by atomic mass is 10.1. The van der Waals surface area contributed by atoms with Crippen LogP contribution in [0.1, 0.15) is 31.0 Å². The van der Waals surface area contributed by atoms with E-state index < -0.39 is 0 Å². The molecule has 0 bridgehead atoms. The third-order valence-electron chi connectivity index (χ3n) is 3.43. The molecule has 21 heavy (non-hydrogen) atoms. The Balaban J connectivity index is 2.02. The van der Waals surface area contributed by atoms with Gasteiger partial charge in [0.2, 0.25) is 0 Å². The van der Waals surface area contributed by atoms with Crippen LogP contribution in [0.5, 0.6) is 11.5 Å². The summed E-state index contributed by atoms with van der Waals surface area (Å²) in [5.41, 5.74) is 2.39. The van der Waals surface area contributed by atoms with Crippen molar-refractivity contribution in [1.82, 2.24) is 5.32 Å². The Bertz CT molecular complexity index is 569. The van der Waals surface area contributed by atoms with Gasteiger partial charge in [0.1, 0.15) is 11.5 Å². The van der Waals surface area contributed by atoms with Gasteiger partial charge < -0.3 is 14.8 Å². The van der Waals surface area contributed by atoms with Gasteiger partial charge in [0, 0.05) is 18.2 Å². The lowest BCUT2D eigenvalue weighted by Crippen LogP contribution is -2.18. The lowest BCUT2D eigenvalue weighted by molar-refractivity contribution is 0.332. The van der Waals surface area contributed by atoms with Crippen LogP contribution in [0, 0.1) is 0 Å². The third-order valence-corrected chi connectivity index (χ3v) is 3.43. The van der Waals surface area contributed by atoms with E-state index in [9.17, 15) is 0 Å². The van der Waals surface area contributed by atoms with Crippen LogP contribution in [-0.2, 0) is 6.54 Å². The highest BCUT2D eigenvalue weighted by Crippen LogP contribution is 2.25. The molecule has 0 fully saturated rings. The number of ether oxygens (including phenoxy) is 2. The van der Waals surface area contributed by atoms with E-state index in [1.165, 1.54) is 11.1 Å². The summed E-state index contributed by atoms with van der Waals surface area (Å²) in [5.74, 6) is 1.84. The highest BCUT2D eigenvalue weighted by atomic mass is 16.5. The Hall–Kier alpha value is -2.00. The average Bonchev–Trinajstić information content (AvgIpc) is 2.53. The van der Waals surface area contributed by atoms with Crippen molar-refractivity contribution < 1.29 is 9.47 Å². The first-order valence-electron chi connectivity index (χ1n) is 7.32. The van der Waals surface area contributed by atoms with Gasteiger partial charge >= 0.3 is 0 Å². The van der Waals surface area contributed by atoms with Gasteiger partial charge in [0.05, 0.1) is 13.7 Å². The summed E-state index contributed by atoms with van der Waals surface area (Å²) in [6.45, 7) is 5.63. The Morgan fingerprint density at radius 1 is 1.10 bits per heavy atom. The number of hydrogen-bond donors (Lipinski definition) is 1. The standard InChI is InChI=1S/C18H23NO2/c1-4-21-18-11-6-5-10-17(18)14(2)19-13-15-8-7-9-16(12-15)20-3/h5-12,14,19H,4,13H2,1-3H3. The van der Waals surface area contributed by atoms with Gasteiger partial charge in [-0.25, -0.2) is 0 Å². The van der Waals surface area contributed by atoms with Gasteiger partial charge in [-0.05, 0) is 37.6 Å². The number of benzene rings is 2. The molecule has 0 aromatic heterocycles. The van der Waals surface area contributed by atoms with Crippen LogP contribution in [0.25, 0.3) is 0 Å².